The molecule has 2 rings (SSSR count). The highest BCUT2D eigenvalue weighted by Gasteiger charge is 2.21. The Bertz CT molecular complexity index is 513. The van der Waals surface area contributed by atoms with Crippen molar-refractivity contribution in [1.29, 1.82) is 0 Å². The van der Waals surface area contributed by atoms with E-state index in [9.17, 15) is 0 Å². The van der Waals surface area contributed by atoms with Gasteiger partial charge >= 0.3 is 0 Å². The standard InChI is InChI=1S/C18H29N3O2/c1-4-19-18(21-15-9-10-15)20-12-6-7-14-8-11-16(22-3)17(13-14)23-5-2/h8,11,13,15H,4-7,9-10,12H2,1-3H3,(H2,19,20,21). The van der Waals surface area contributed by atoms with E-state index in [-0.39, 0.29) is 0 Å². The molecule has 2 N–H and O–H groups in total. The van der Waals surface area contributed by atoms with Gasteiger partial charge in [-0.05, 0) is 57.2 Å². The summed E-state index contributed by atoms with van der Waals surface area (Å²) < 4.78 is 10.9. The molecule has 0 aromatic heterocycles. The van der Waals surface area contributed by atoms with E-state index < -0.39 is 0 Å². The Balaban J connectivity index is 1.83. The van der Waals surface area contributed by atoms with E-state index in [1.807, 2.05) is 13.0 Å². The van der Waals surface area contributed by atoms with Crippen LogP contribution in [0, 0.1) is 0 Å². The molecule has 128 valence electrons. The van der Waals surface area contributed by atoms with Crippen LogP contribution in [0.5, 0.6) is 11.5 Å². The van der Waals surface area contributed by atoms with Crippen LogP contribution in [0.1, 0.15) is 38.7 Å². The average molecular weight is 319 g/mol. The molecule has 0 unspecified atom stereocenters. The molecule has 1 aromatic rings. The number of hydrogen-bond acceptors (Lipinski definition) is 3. The highest BCUT2D eigenvalue weighted by atomic mass is 16.5. The highest BCUT2D eigenvalue weighted by Crippen LogP contribution is 2.28. The van der Waals surface area contributed by atoms with Crippen LogP contribution in [0.15, 0.2) is 23.2 Å². The van der Waals surface area contributed by atoms with Crippen molar-refractivity contribution in [3.05, 3.63) is 23.8 Å². The minimum atomic E-state index is 0.628. The van der Waals surface area contributed by atoms with Crippen LogP contribution < -0.4 is 20.1 Å². The summed E-state index contributed by atoms with van der Waals surface area (Å²) in [6.45, 7) is 6.43. The molecule has 5 nitrogen and oxygen atoms in total. The van der Waals surface area contributed by atoms with E-state index in [0.717, 1.165) is 43.4 Å². The Morgan fingerprint density at radius 1 is 1.26 bits per heavy atom. The molecule has 23 heavy (non-hydrogen) atoms. The van der Waals surface area contributed by atoms with Gasteiger partial charge in [0.05, 0.1) is 13.7 Å². The van der Waals surface area contributed by atoms with E-state index >= 15 is 0 Å². The van der Waals surface area contributed by atoms with Gasteiger partial charge in [0.1, 0.15) is 0 Å². The maximum Gasteiger partial charge on any atom is 0.191 e. The fourth-order valence-electron chi connectivity index (χ4n) is 2.36. The summed E-state index contributed by atoms with van der Waals surface area (Å²) in [6, 6.07) is 6.77. The number of aliphatic imine (C=N–C) groups is 1. The number of rotatable bonds is 9. The summed E-state index contributed by atoms with van der Waals surface area (Å²) in [5, 5.41) is 6.73. The first-order valence-electron chi connectivity index (χ1n) is 8.61. The lowest BCUT2D eigenvalue weighted by molar-refractivity contribution is 0.310. The lowest BCUT2D eigenvalue weighted by atomic mass is 10.1. The Morgan fingerprint density at radius 3 is 2.74 bits per heavy atom. The number of guanidine groups is 1. The van der Waals surface area contributed by atoms with Gasteiger partial charge in [0, 0.05) is 19.1 Å². The molecular formula is C18H29N3O2. The quantitative estimate of drug-likeness (QED) is 0.417. The zero-order chi connectivity index (χ0) is 16.5. The van der Waals surface area contributed by atoms with Crippen molar-refractivity contribution in [2.75, 3.05) is 26.8 Å². The average Bonchev–Trinajstić information content (AvgIpc) is 3.36. The van der Waals surface area contributed by atoms with Crippen molar-refractivity contribution in [3.8, 4) is 11.5 Å². The Hall–Kier alpha value is -1.91. The van der Waals surface area contributed by atoms with Crippen LogP contribution in [0.25, 0.3) is 0 Å². The fourth-order valence-corrected chi connectivity index (χ4v) is 2.36. The van der Waals surface area contributed by atoms with Gasteiger partial charge in [-0.1, -0.05) is 6.07 Å². The number of hydrogen-bond donors (Lipinski definition) is 2. The number of nitrogens with zero attached hydrogens (tertiary/aromatic N) is 1. The molecule has 1 saturated carbocycles. The summed E-state index contributed by atoms with van der Waals surface area (Å²) in [4.78, 5) is 4.64. The second kappa shape index (κ2) is 9.28. The first kappa shape index (κ1) is 17.4. The number of benzene rings is 1. The van der Waals surface area contributed by atoms with E-state index in [0.29, 0.717) is 12.6 Å². The lowest BCUT2D eigenvalue weighted by Gasteiger charge is -2.11. The van der Waals surface area contributed by atoms with Gasteiger partial charge in [-0.3, -0.25) is 4.99 Å². The third-order valence-corrected chi connectivity index (χ3v) is 3.68. The predicted molar refractivity (Wildman–Crippen MR) is 94.6 cm³/mol. The van der Waals surface area contributed by atoms with Crippen molar-refractivity contribution >= 4 is 5.96 Å². The minimum absolute atomic E-state index is 0.628. The Labute approximate surface area is 139 Å². The van der Waals surface area contributed by atoms with Gasteiger partial charge in [0.15, 0.2) is 17.5 Å². The van der Waals surface area contributed by atoms with Crippen molar-refractivity contribution in [2.24, 2.45) is 4.99 Å². The molecule has 0 radical (unpaired) electrons. The molecule has 0 spiro atoms. The van der Waals surface area contributed by atoms with Gasteiger partial charge in [-0.2, -0.15) is 0 Å². The van der Waals surface area contributed by atoms with Crippen molar-refractivity contribution in [1.82, 2.24) is 10.6 Å². The van der Waals surface area contributed by atoms with Crippen molar-refractivity contribution < 1.29 is 9.47 Å². The molecule has 0 saturated heterocycles. The molecule has 0 atom stereocenters. The van der Waals surface area contributed by atoms with Crippen LogP contribution in [-0.2, 0) is 6.42 Å². The molecular weight excluding hydrogens is 290 g/mol. The van der Waals surface area contributed by atoms with Crippen LogP contribution >= 0.6 is 0 Å². The van der Waals surface area contributed by atoms with Crippen LogP contribution in [0.4, 0.5) is 0 Å². The maximum atomic E-state index is 5.62. The molecule has 5 heteroatoms. The number of nitrogens with one attached hydrogen (secondary N) is 2. The fraction of sp³-hybridized carbons (Fsp3) is 0.611. The molecule has 1 aliphatic carbocycles. The number of ether oxygens (including phenoxy) is 2. The third kappa shape index (κ3) is 6.00. The normalized spacial score (nSPS) is 14.5. The number of methoxy groups -OCH3 is 1. The lowest BCUT2D eigenvalue weighted by Crippen LogP contribution is -2.38. The largest absolute Gasteiger partial charge is 0.493 e. The second-order valence-electron chi connectivity index (χ2n) is 5.70. The van der Waals surface area contributed by atoms with Gasteiger partial charge < -0.3 is 20.1 Å². The molecule has 0 heterocycles. The summed E-state index contributed by atoms with van der Waals surface area (Å²) in [6.07, 6.45) is 4.52. The van der Waals surface area contributed by atoms with Crippen LogP contribution in [0.3, 0.4) is 0 Å². The molecule has 0 aliphatic heterocycles. The van der Waals surface area contributed by atoms with E-state index in [1.165, 1.54) is 18.4 Å². The van der Waals surface area contributed by atoms with E-state index in [1.54, 1.807) is 7.11 Å². The van der Waals surface area contributed by atoms with Crippen LogP contribution in [-0.4, -0.2) is 38.8 Å². The Morgan fingerprint density at radius 2 is 2.09 bits per heavy atom. The molecule has 0 amide bonds. The van der Waals surface area contributed by atoms with Gasteiger partial charge in [-0.15, -0.1) is 0 Å². The minimum Gasteiger partial charge on any atom is -0.493 e. The molecule has 1 aromatic carbocycles. The topological polar surface area (TPSA) is 54.9 Å². The predicted octanol–water partition coefficient (Wildman–Crippen LogP) is 2.74. The van der Waals surface area contributed by atoms with Gasteiger partial charge in [0.2, 0.25) is 0 Å². The van der Waals surface area contributed by atoms with Crippen LogP contribution in [0.2, 0.25) is 0 Å². The first-order chi connectivity index (χ1) is 11.3. The zero-order valence-electron chi connectivity index (χ0n) is 14.5. The first-order valence-corrected chi connectivity index (χ1v) is 8.61. The smallest absolute Gasteiger partial charge is 0.191 e. The summed E-state index contributed by atoms with van der Waals surface area (Å²) >= 11 is 0. The maximum absolute atomic E-state index is 5.62. The highest BCUT2D eigenvalue weighted by molar-refractivity contribution is 5.80. The van der Waals surface area contributed by atoms with Crippen molar-refractivity contribution in [2.45, 2.75) is 45.6 Å². The van der Waals surface area contributed by atoms with Gasteiger partial charge in [-0.25, -0.2) is 0 Å². The summed E-state index contributed by atoms with van der Waals surface area (Å²) in [5.74, 6) is 2.55. The monoisotopic (exact) mass is 319 g/mol. The van der Waals surface area contributed by atoms with Gasteiger partial charge in [0.25, 0.3) is 0 Å². The zero-order valence-corrected chi connectivity index (χ0v) is 14.5. The van der Waals surface area contributed by atoms with E-state index in [2.05, 4.69) is 34.7 Å². The Kier molecular flexibility index (Phi) is 7.04. The summed E-state index contributed by atoms with van der Waals surface area (Å²) in [7, 11) is 1.67. The van der Waals surface area contributed by atoms with Crippen molar-refractivity contribution in [3.63, 3.8) is 0 Å². The molecule has 0 bridgehead atoms. The molecule has 1 fully saturated rings. The van der Waals surface area contributed by atoms with E-state index in [4.69, 9.17) is 9.47 Å². The molecule has 1 aliphatic rings. The third-order valence-electron chi connectivity index (χ3n) is 3.68. The SMILES string of the molecule is CCNC(=NCCCc1ccc(OC)c(OCC)c1)NC1CC1. The second-order valence-corrected chi connectivity index (χ2v) is 5.70. The number of aryl methyl sites for hydroxylation is 1. The summed E-state index contributed by atoms with van der Waals surface area (Å²) in [5.41, 5.74) is 1.25.